The van der Waals surface area contributed by atoms with Crippen molar-refractivity contribution in [2.45, 2.75) is 71.6 Å². The van der Waals surface area contributed by atoms with Crippen LogP contribution >= 0.6 is 0 Å². The van der Waals surface area contributed by atoms with Gasteiger partial charge in [-0.05, 0) is 62.1 Å². The van der Waals surface area contributed by atoms with Gasteiger partial charge in [0.05, 0.1) is 17.5 Å². The number of nitrogens with zero attached hydrogens (tertiary/aromatic N) is 5. The zero-order valence-corrected chi connectivity index (χ0v) is 23.7. The molecule has 8 heteroatoms. The van der Waals surface area contributed by atoms with E-state index in [1.54, 1.807) is 6.20 Å². The van der Waals surface area contributed by atoms with E-state index < -0.39 is 11.7 Å². The predicted octanol–water partition coefficient (Wildman–Crippen LogP) is 7.50. The quantitative estimate of drug-likeness (QED) is 0.373. The molecule has 1 aliphatic carbocycles. The fourth-order valence-electron chi connectivity index (χ4n) is 5.84. The number of hydrogen-bond donors (Lipinski definition) is 1. The van der Waals surface area contributed by atoms with Crippen LogP contribution in [0.2, 0.25) is 0 Å². The van der Waals surface area contributed by atoms with Crippen LogP contribution in [0, 0.1) is 22.7 Å². The Hall–Kier alpha value is -3.73. The van der Waals surface area contributed by atoms with Crippen molar-refractivity contribution in [3.05, 3.63) is 82.6 Å². The molecule has 0 aromatic carbocycles. The van der Waals surface area contributed by atoms with Gasteiger partial charge in [0.1, 0.15) is 29.2 Å². The van der Waals surface area contributed by atoms with Crippen molar-refractivity contribution in [2.24, 2.45) is 11.3 Å². The summed E-state index contributed by atoms with van der Waals surface area (Å²) in [6, 6.07) is 6.49. The monoisotopic (exact) mass is 544 g/mol. The zero-order valence-electron chi connectivity index (χ0n) is 23.7. The first-order chi connectivity index (χ1) is 19.2. The Morgan fingerprint density at radius 1 is 1.25 bits per heavy atom. The average Bonchev–Trinajstić information content (AvgIpc) is 3.37. The van der Waals surface area contributed by atoms with E-state index in [1.807, 2.05) is 10.9 Å². The van der Waals surface area contributed by atoms with E-state index in [0.29, 0.717) is 23.6 Å². The second-order valence-corrected chi connectivity index (χ2v) is 11.9. The Bertz CT molecular complexity index is 1400. The third kappa shape index (κ3) is 5.60. The third-order valence-electron chi connectivity index (χ3n) is 8.66. The predicted molar refractivity (Wildman–Crippen MR) is 154 cm³/mol. The minimum atomic E-state index is -0.541. The van der Waals surface area contributed by atoms with Gasteiger partial charge in [0.15, 0.2) is 0 Å². The van der Waals surface area contributed by atoms with E-state index in [4.69, 9.17) is 4.98 Å². The summed E-state index contributed by atoms with van der Waals surface area (Å²) in [5, 5.41) is 17.1. The standard InChI is InChI=1S/C32H38F2N6/c1-21(2)8-9-23-16-26(31-25(17-35)19-37-40(31)20-23)24-10-11-29(36-18-24)39-14-12-32(4,13-15-39)22(3)38-30-27(33)6-5-7-28(30)34/h6,10-11,18-21,26,38H,3,5,7-9,12-16H2,1-2,4H3. The van der Waals surface area contributed by atoms with Crippen LogP contribution in [0.15, 0.2) is 65.8 Å². The van der Waals surface area contributed by atoms with Crippen LogP contribution in [0.4, 0.5) is 14.6 Å². The molecule has 2 aromatic heterocycles. The van der Waals surface area contributed by atoms with Gasteiger partial charge in [0, 0.05) is 48.9 Å². The van der Waals surface area contributed by atoms with Gasteiger partial charge in [0.2, 0.25) is 0 Å². The van der Waals surface area contributed by atoms with Crippen molar-refractivity contribution in [1.29, 1.82) is 5.26 Å². The van der Waals surface area contributed by atoms with Crippen molar-refractivity contribution in [3.63, 3.8) is 0 Å². The number of pyridine rings is 1. The lowest BCUT2D eigenvalue weighted by molar-refractivity contribution is 0.290. The third-order valence-corrected chi connectivity index (χ3v) is 8.66. The van der Waals surface area contributed by atoms with Gasteiger partial charge in [-0.2, -0.15) is 10.4 Å². The summed E-state index contributed by atoms with van der Waals surface area (Å²) in [5.41, 5.74) is 4.25. The molecule has 0 bridgehead atoms. The molecular formula is C32H38F2N6. The molecule has 1 atom stereocenters. The number of halogens is 2. The number of fused-ring (bicyclic) bond motifs is 1. The lowest BCUT2D eigenvalue weighted by Gasteiger charge is -2.41. The van der Waals surface area contributed by atoms with Crippen molar-refractivity contribution in [1.82, 2.24) is 20.1 Å². The van der Waals surface area contributed by atoms with E-state index in [0.717, 1.165) is 62.3 Å². The average molecular weight is 545 g/mol. The van der Waals surface area contributed by atoms with E-state index in [2.05, 4.69) is 67.1 Å². The smallest absolute Gasteiger partial charge is 0.145 e. The van der Waals surface area contributed by atoms with Crippen LogP contribution in [-0.2, 0) is 0 Å². The Kier molecular flexibility index (Phi) is 7.93. The highest BCUT2D eigenvalue weighted by atomic mass is 19.1. The highest BCUT2D eigenvalue weighted by Crippen LogP contribution is 2.41. The van der Waals surface area contributed by atoms with E-state index in [1.165, 1.54) is 11.6 Å². The molecule has 0 spiro atoms. The van der Waals surface area contributed by atoms with Crippen LogP contribution in [0.1, 0.15) is 88.5 Å². The van der Waals surface area contributed by atoms with Gasteiger partial charge in [-0.1, -0.05) is 39.0 Å². The van der Waals surface area contributed by atoms with Crippen LogP contribution in [0.5, 0.6) is 0 Å². The van der Waals surface area contributed by atoms with Crippen molar-refractivity contribution in [2.75, 3.05) is 18.0 Å². The summed E-state index contributed by atoms with van der Waals surface area (Å²) >= 11 is 0. The molecule has 210 valence electrons. The van der Waals surface area contributed by atoms with Gasteiger partial charge in [-0.15, -0.1) is 0 Å². The van der Waals surface area contributed by atoms with Crippen molar-refractivity contribution < 1.29 is 8.78 Å². The van der Waals surface area contributed by atoms with E-state index >= 15 is 0 Å². The first-order valence-electron chi connectivity index (χ1n) is 14.3. The molecule has 1 saturated heterocycles. The number of piperidine rings is 1. The molecule has 0 saturated carbocycles. The fourth-order valence-corrected chi connectivity index (χ4v) is 5.84. The molecular weight excluding hydrogens is 506 g/mol. The van der Waals surface area contributed by atoms with Crippen LogP contribution < -0.4 is 10.2 Å². The number of hydrogen-bond acceptors (Lipinski definition) is 5. The van der Waals surface area contributed by atoms with Gasteiger partial charge in [-0.3, -0.25) is 0 Å². The number of nitriles is 1. The summed E-state index contributed by atoms with van der Waals surface area (Å²) in [7, 11) is 0. The lowest BCUT2D eigenvalue weighted by Crippen LogP contribution is -2.42. The summed E-state index contributed by atoms with van der Waals surface area (Å²) < 4.78 is 30.3. The summed E-state index contributed by atoms with van der Waals surface area (Å²) in [6.45, 7) is 12.3. The molecule has 1 unspecified atom stereocenters. The molecule has 1 N–H and O–H groups in total. The fraction of sp³-hybridized carbons (Fsp3) is 0.469. The molecule has 2 aliphatic heterocycles. The topological polar surface area (TPSA) is 69.8 Å². The van der Waals surface area contributed by atoms with Crippen LogP contribution in [-0.4, -0.2) is 27.9 Å². The number of rotatable bonds is 8. The molecule has 0 radical (unpaired) electrons. The normalized spacial score (nSPS) is 20.5. The Morgan fingerprint density at radius 3 is 2.67 bits per heavy atom. The molecule has 1 fully saturated rings. The molecule has 5 rings (SSSR count). The molecule has 2 aromatic rings. The molecule has 0 amide bonds. The Morgan fingerprint density at radius 2 is 2.02 bits per heavy atom. The van der Waals surface area contributed by atoms with Crippen LogP contribution in [0.3, 0.4) is 0 Å². The minimum Gasteiger partial charge on any atom is -0.357 e. The maximum absolute atomic E-state index is 14.3. The highest BCUT2D eigenvalue weighted by molar-refractivity contribution is 5.50. The Labute approximate surface area is 235 Å². The van der Waals surface area contributed by atoms with Crippen LogP contribution in [0.25, 0.3) is 6.20 Å². The zero-order chi connectivity index (χ0) is 28.4. The second kappa shape index (κ2) is 11.4. The van der Waals surface area contributed by atoms with Gasteiger partial charge < -0.3 is 10.2 Å². The number of anilines is 1. The highest BCUT2D eigenvalue weighted by Gasteiger charge is 2.35. The summed E-state index contributed by atoms with van der Waals surface area (Å²) in [6.07, 6.45) is 12.3. The molecule has 6 nitrogen and oxygen atoms in total. The largest absolute Gasteiger partial charge is 0.357 e. The Balaban J connectivity index is 1.26. The van der Waals surface area contributed by atoms with E-state index in [-0.39, 0.29) is 23.5 Å². The molecule has 4 heterocycles. The van der Waals surface area contributed by atoms with Gasteiger partial charge >= 0.3 is 0 Å². The van der Waals surface area contributed by atoms with Crippen molar-refractivity contribution in [3.8, 4) is 6.07 Å². The number of aromatic nitrogens is 3. The second-order valence-electron chi connectivity index (χ2n) is 11.9. The number of allylic oxidation sites excluding steroid dienone is 5. The molecule has 40 heavy (non-hydrogen) atoms. The maximum atomic E-state index is 14.3. The first-order valence-corrected chi connectivity index (χ1v) is 14.3. The van der Waals surface area contributed by atoms with Gasteiger partial charge in [-0.25, -0.2) is 18.4 Å². The summed E-state index contributed by atoms with van der Waals surface area (Å²) in [4.78, 5) is 7.09. The van der Waals surface area contributed by atoms with Gasteiger partial charge in [0.25, 0.3) is 0 Å². The number of nitrogens with one attached hydrogen (secondary N) is 1. The lowest BCUT2D eigenvalue weighted by atomic mass is 9.77. The maximum Gasteiger partial charge on any atom is 0.145 e. The first kappa shape index (κ1) is 27.8. The minimum absolute atomic E-state index is 0.0360. The summed E-state index contributed by atoms with van der Waals surface area (Å²) in [5.74, 6) is 0.572. The van der Waals surface area contributed by atoms with E-state index in [9.17, 15) is 14.0 Å². The molecule has 3 aliphatic rings. The SMILES string of the molecule is C=C(NC1=C(F)CCC=C1F)C1(C)CCN(c2ccc(C3CC(CCC(C)C)=Cn4ncc(C#N)c43)cn2)CC1. The van der Waals surface area contributed by atoms with Crippen molar-refractivity contribution >= 4 is 12.0 Å².